The topological polar surface area (TPSA) is 72.3 Å². The molecule has 0 unspecified atom stereocenters. The van der Waals surface area contributed by atoms with Crippen molar-refractivity contribution < 1.29 is 14.4 Å². The fraction of sp³-hybridized carbons (Fsp3) is 0.290. The Balaban J connectivity index is 1.68. The lowest BCUT2D eigenvalue weighted by Crippen LogP contribution is -2.39. The van der Waals surface area contributed by atoms with Crippen molar-refractivity contribution in [3.63, 3.8) is 0 Å². The van der Waals surface area contributed by atoms with Crippen molar-refractivity contribution in [2.45, 2.75) is 51.4 Å². The first-order valence-electron chi connectivity index (χ1n) is 12.5. The Morgan fingerprint density at radius 3 is 1.74 bits per heavy atom. The number of carbonyl (C=O) groups excluding carboxylic acids is 1. The van der Waals surface area contributed by atoms with Crippen LogP contribution in [0.1, 0.15) is 51.3 Å². The molecule has 1 fully saturated rings. The van der Waals surface area contributed by atoms with Crippen molar-refractivity contribution in [1.29, 1.82) is 0 Å². The van der Waals surface area contributed by atoms with Crippen molar-refractivity contribution in [3.8, 4) is 0 Å². The molecule has 0 amide bonds. The molecule has 0 aromatic heterocycles. The van der Waals surface area contributed by atoms with E-state index in [2.05, 4.69) is 52.7 Å². The van der Waals surface area contributed by atoms with E-state index in [0.29, 0.717) is 11.4 Å². The maximum absolute atomic E-state index is 12.4. The summed E-state index contributed by atoms with van der Waals surface area (Å²) in [6.07, 6.45) is 0. The monoisotopic (exact) mass is 527 g/mol. The van der Waals surface area contributed by atoms with E-state index in [9.17, 15) is 4.79 Å². The van der Waals surface area contributed by atoms with Crippen molar-refractivity contribution in [2.75, 3.05) is 5.75 Å². The molecule has 0 saturated carbocycles. The van der Waals surface area contributed by atoms with Crippen LogP contribution in [0, 0.1) is 0 Å². The first-order chi connectivity index (χ1) is 18.1. The zero-order chi connectivity index (χ0) is 27.2. The maximum atomic E-state index is 12.4. The van der Waals surface area contributed by atoms with Gasteiger partial charge in [0.05, 0.1) is 17.3 Å². The van der Waals surface area contributed by atoms with Crippen LogP contribution in [0.25, 0.3) is 0 Å². The van der Waals surface area contributed by atoms with Gasteiger partial charge in [-0.25, -0.2) is 9.79 Å². The van der Waals surface area contributed by atoms with Crippen LogP contribution >= 0.6 is 11.8 Å². The lowest BCUT2D eigenvalue weighted by atomic mass is 9.77. The maximum Gasteiger partial charge on any atom is 0.353 e. The van der Waals surface area contributed by atoms with Crippen LogP contribution < -0.4 is 5.32 Å². The highest BCUT2D eigenvalue weighted by molar-refractivity contribution is 8.14. The van der Waals surface area contributed by atoms with Gasteiger partial charge in [-0.05, 0) is 56.5 Å². The lowest BCUT2D eigenvalue weighted by Gasteiger charge is -2.32. The Kier molecular flexibility index (Phi) is 8.10. The van der Waals surface area contributed by atoms with E-state index in [1.54, 1.807) is 25.6 Å². The van der Waals surface area contributed by atoms with Crippen molar-refractivity contribution in [3.05, 3.63) is 113 Å². The molecular formula is C31H33N3O3S. The Morgan fingerprint density at radius 2 is 1.29 bits per heavy atom. The minimum atomic E-state index is -1.24. The number of nitrogens with zero attached hydrogens (tertiary/aromatic N) is 2. The van der Waals surface area contributed by atoms with E-state index in [4.69, 9.17) is 14.6 Å². The van der Waals surface area contributed by atoms with E-state index in [1.165, 1.54) is 0 Å². The summed E-state index contributed by atoms with van der Waals surface area (Å²) in [6, 6.07) is 30.9. The van der Waals surface area contributed by atoms with Crippen LogP contribution in [-0.4, -0.2) is 34.0 Å². The highest BCUT2D eigenvalue weighted by atomic mass is 32.2. The van der Waals surface area contributed by atoms with Gasteiger partial charge in [-0.3, -0.25) is 0 Å². The summed E-state index contributed by atoms with van der Waals surface area (Å²) in [6.45, 7) is 8.68. The zero-order valence-electron chi connectivity index (χ0n) is 22.4. The van der Waals surface area contributed by atoms with Gasteiger partial charge in [0.1, 0.15) is 11.1 Å². The number of nitrogens with one attached hydrogen (secondary N) is 1. The van der Waals surface area contributed by atoms with E-state index in [-0.39, 0.29) is 0 Å². The molecule has 6 nitrogen and oxygen atoms in total. The van der Waals surface area contributed by atoms with Crippen molar-refractivity contribution in [2.24, 2.45) is 10.1 Å². The summed E-state index contributed by atoms with van der Waals surface area (Å²) < 4.78 is 5.43. The Morgan fingerprint density at radius 1 is 0.816 bits per heavy atom. The smallest absolute Gasteiger partial charge is 0.353 e. The second kappa shape index (κ2) is 11.3. The van der Waals surface area contributed by atoms with Gasteiger partial charge in [0, 0.05) is 0 Å². The molecule has 3 aromatic rings. The van der Waals surface area contributed by atoms with Crippen LogP contribution in [0.15, 0.2) is 107 Å². The van der Waals surface area contributed by atoms with Crippen LogP contribution in [0.2, 0.25) is 0 Å². The molecule has 3 aromatic carbocycles. The van der Waals surface area contributed by atoms with E-state index in [1.807, 2.05) is 75.4 Å². The summed E-state index contributed by atoms with van der Waals surface area (Å²) in [5.74, 6) is 2.99. The number of hydrogen-bond acceptors (Lipinski definition) is 6. The second-order valence-corrected chi connectivity index (χ2v) is 11.4. The van der Waals surface area contributed by atoms with Gasteiger partial charge in [-0.15, -0.1) is 0 Å². The number of amidine groups is 1. The van der Waals surface area contributed by atoms with Gasteiger partial charge in [0.25, 0.3) is 0 Å². The van der Waals surface area contributed by atoms with Gasteiger partial charge in [-0.1, -0.05) is 103 Å². The third kappa shape index (κ3) is 6.36. The second-order valence-electron chi connectivity index (χ2n) is 10.4. The predicted molar refractivity (Wildman–Crippen MR) is 154 cm³/mol. The lowest BCUT2D eigenvalue weighted by molar-refractivity contribution is -0.179. The summed E-state index contributed by atoms with van der Waals surface area (Å²) >= 11 is 1.57. The number of hydrogen-bond donors (Lipinski definition) is 1. The molecule has 0 atom stereocenters. The normalized spacial score (nSPS) is 15.0. The zero-order valence-corrected chi connectivity index (χ0v) is 23.2. The number of carbonyl (C=O) groups is 1. The number of benzene rings is 3. The van der Waals surface area contributed by atoms with Crippen LogP contribution in [-0.2, 0) is 19.9 Å². The number of thioether (sulfide) groups is 1. The number of rotatable bonds is 7. The Labute approximate surface area is 228 Å². The van der Waals surface area contributed by atoms with Crippen molar-refractivity contribution >= 4 is 28.8 Å². The van der Waals surface area contributed by atoms with Crippen LogP contribution in [0.5, 0.6) is 0 Å². The van der Waals surface area contributed by atoms with Crippen LogP contribution in [0.4, 0.5) is 0 Å². The molecule has 1 aliphatic rings. The van der Waals surface area contributed by atoms with E-state index < -0.39 is 22.7 Å². The molecule has 0 bridgehead atoms. The molecule has 38 heavy (non-hydrogen) atoms. The highest BCUT2D eigenvalue weighted by Crippen LogP contribution is 2.41. The molecular weight excluding hydrogens is 494 g/mol. The minimum absolute atomic E-state index is 0.491. The standard InChI is InChI=1S/C31H33N3O3S/c1-29(2,3)36-27(35)30(4,5)37-32-21-26-22-38-28(33-26)34-31(23-15-9-6-10-16-23,24-17-11-7-12-18-24)25-19-13-8-14-20-25/h6-20H,22H2,1-5H3,(H,33,34). The first kappa shape index (κ1) is 27.2. The van der Waals surface area contributed by atoms with Gasteiger partial charge >= 0.3 is 5.97 Å². The van der Waals surface area contributed by atoms with E-state index in [0.717, 1.165) is 21.9 Å². The summed E-state index contributed by atoms with van der Waals surface area (Å²) in [7, 11) is 0. The Bertz CT molecular complexity index is 1240. The largest absolute Gasteiger partial charge is 0.457 e. The molecule has 4 rings (SSSR count). The fourth-order valence-corrected chi connectivity index (χ4v) is 4.79. The molecule has 1 N–H and O–H groups in total. The summed E-state index contributed by atoms with van der Waals surface area (Å²) in [4.78, 5) is 23.3. The highest BCUT2D eigenvalue weighted by Gasteiger charge is 2.38. The molecule has 7 heteroatoms. The summed E-state index contributed by atoms with van der Waals surface area (Å²) in [5, 5.41) is 8.04. The molecule has 1 heterocycles. The van der Waals surface area contributed by atoms with Gasteiger partial charge < -0.3 is 14.9 Å². The third-order valence-corrected chi connectivity index (χ3v) is 6.70. The molecule has 0 spiro atoms. The minimum Gasteiger partial charge on any atom is -0.457 e. The molecule has 0 radical (unpaired) electrons. The molecule has 0 aliphatic carbocycles. The van der Waals surface area contributed by atoms with Crippen LogP contribution in [0.3, 0.4) is 0 Å². The average molecular weight is 528 g/mol. The number of esters is 1. The number of ether oxygens (including phenoxy) is 1. The molecule has 196 valence electrons. The average Bonchev–Trinajstić information content (AvgIpc) is 3.34. The predicted octanol–water partition coefficient (Wildman–Crippen LogP) is 6.28. The quantitative estimate of drug-likeness (QED) is 0.170. The molecule has 1 saturated heterocycles. The first-order valence-corrected chi connectivity index (χ1v) is 13.5. The van der Waals surface area contributed by atoms with Gasteiger partial charge in [-0.2, -0.15) is 0 Å². The van der Waals surface area contributed by atoms with E-state index >= 15 is 0 Å². The van der Waals surface area contributed by atoms with Gasteiger partial charge in [0.15, 0.2) is 5.17 Å². The van der Waals surface area contributed by atoms with Gasteiger partial charge in [0.2, 0.25) is 5.60 Å². The SMILES string of the molecule is CC(C)(C)OC(=O)C(C)(C)ON=C=C1CSC(=NC(c2ccccc2)(c2ccccc2)c2ccccc2)N1. The number of aliphatic imine (C=N–C) groups is 1. The van der Waals surface area contributed by atoms with Crippen molar-refractivity contribution in [1.82, 2.24) is 5.32 Å². The summed E-state index contributed by atoms with van der Waals surface area (Å²) in [5.41, 5.74) is 1.25. The third-order valence-electron chi connectivity index (χ3n) is 5.80. The molecule has 1 aliphatic heterocycles. The Hall–Kier alpha value is -3.80. The fourth-order valence-electron chi connectivity index (χ4n) is 3.98.